The molecule has 1 heterocycles. The van der Waals surface area contributed by atoms with Crippen LogP contribution >= 0.6 is 11.5 Å². The molecule has 70 valence electrons. The molecule has 0 aliphatic rings. The van der Waals surface area contributed by atoms with Gasteiger partial charge in [-0.1, -0.05) is 0 Å². The molecule has 0 aliphatic heterocycles. The lowest BCUT2D eigenvalue weighted by atomic mass is 10.1. The predicted molar refractivity (Wildman–Crippen MR) is 54.9 cm³/mol. The first-order valence-corrected chi connectivity index (χ1v) is 4.86. The maximum absolute atomic E-state index is 8.86. The van der Waals surface area contributed by atoms with Crippen LogP contribution in [-0.4, -0.2) is 9.91 Å². The largest absolute Gasteiger partial charge is 0.370 e. The first-order valence-electron chi connectivity index (χ1n) is 4.08. The van der Waals surface area contributed by atoms with Gasteiger partial charge >= 0.3 is 0 Å². The minimum Gasteiger partial charge on any atom is -0.370 e. The van der Waals surface area contributed by atoms with Crippen molar-refractivity contribution in [2.24, 2.45) is 0 Å². The van der Waals surface area contributed by atoms with Gasteiger partial charge in [0.05, 0.1) is 5.69 Å². The Labute approximate surface area is 82.6 Å². The minimum atomic E-state index is -0.0232. The molecule has 0 saturated carbocycles. The van der Waals surface area contributed by atoms with Crippen LogP contribution in [-0.2, 0) is 0 Å². The molecule has 0 unspecified atom stereocenters. The number of rotatable bonds is 1. The van der Waals surface area contributed by atoms with E-state index in [2.05, 4.69) is 36.5 Å². The van der Waals surface area contributed by atoms with Crippen LogP contribution in [0.25, 0.3) is 0 Å². The van der Waals surface area contributed by atoms with Gasteiger partial charge in [-0.3, -0.25) is 0 Å². The van der Waals surface area contributed by atoms with Gasteiger partial charge in [0.25, 0.3) is 0 Å². The van der Waals surface area contributed by atoms with E-state index in [0.717, 1.165) is 10.7 Å². The standard InChI is InChI=1S/C9H13N3S/c1-6-7(5-10)8(13-12-6)11-9(2,3)4/h11H,1-4H3. The predicted octanol–water partition coefficient (Wildman–Crippen LogP) is 2.53. The molecule has 0 fully saturated rings. The summed E-state index contributed by atoms with van der Waals surface area (Å²) in [4.78, 5) is 0. The second kappa shape index (κ2) is 3.35. The lowest BCUT2D eigenvalue weighted by molar-refractivity contribution is 0.636. The Hall–Kier alpha value is -1.08. The van der Waals surface area contributed by atoms with Crippen LogP contribution in [0.15, 0.2) is 0 Å². The van der Waals surface area contributed by atoms with E-state index in [9.17, 15) is 0 Å². The normalized spacial score (nSPS) is 11.0. The molecule has 0 saturated heterocycles. The van der Waals surface area contributed by atoms with E-state index in [1.807, 2.05) is 6.92 Å². The smallest absolute Gasteiger partial charge is 0.128 e. The van der Waals surface area contributed by atoms with Gasteiger partial charge in [-0.05, 0) is 39.2 Å². The summed E-state index contributed by atoms with van der Waals surface area (Å²) in [6, 6.07) is 2.15. The molecule has 0 amide bonds. The Balaban J connectivity index is 2.97. The van der Waals surface area contributed by atoms with Gasteiger partial charge in [-0.25, -0.2) is 0 Å². The summed E-state index contributed by atoms with van der Waals surface area (Å²) in [6.45, 7) is 8.03. The first-order chi connectivity index (χ1) is 5.94. The summed E-state index contributed by atoms with van der Waals surface area (Å²) in [7, 11) is 0. The molecule has 0 bridgehead atoms. The molecule has 3 nitrogen and oxygen atoms in total. The quantitative estimate of drug-likeness (QED) is 0.749. The molecule has 1 aromatic heterocycles. The van der Waals surface area contributed by atoms with Crippen molar-refractivity contribution in [2.75, 3.05) is 5.32 Å². The van der Waals surface area contributed by atoms with Crippen molar-refractivity contribution in [1.29, 1.82) is 5.26 Å². The van der Waals surface area contributed by atoms with Crippen molar-refractivity contribution in [3.8, 4) is 6.07 Å². The molecule has 1 aromatic rings. The summed E-state index contributed by atoms with van der Waals surface area (Å²) >= 11 is 1.34. The van der Waals surface area contributed by atoms with Crippen LogP contribution in [0.5, 0.6) is 0 Å². The molecular formula is C9H13N3S. The van der Waals surface area contributed by atoms with Crippen molar-refractivity contribution >= 4 is 16.5 Å². The van der Waals surface area contributed by atoms with E-state index < -0.39 is 0 Å². The van der Waals surface area contributed by atoms with Crippen LogP contribution in [0, 0.1) is 18.3 Å². The number of hydrogen-bond acceptors (Lipinski definition) is 4. The van der Waals surface area contributed by atoms with Crippen LogP contribution < -0.4 is 5.32 Å². The molecule has 4 heteroatoms. The lowest BCUT2D eigenvalue weighted by Crippen LogP contribution is -2.25. The first kappa shape index (κ1) is 10.0. The zero-order chi connectivity index (χ0) is 10.1. The van der Waals surface area contributed by atoms with Crippen molar-refractivity contribution in [3.63, 3.8) is 0 Å². The van der Waals surface area contributed by atoms with Crippen molar-refractivity contribution < 1.29 is 0 Å². The van der Waals surface area contributed by atoms with Gasteiger partial charge in [-0.15, -0.1) is 0 Å². The monoisotopic (exact) mass is 195 g/mol. The Kier molecular flexibility index (Phi) is 2.58. The summed E-state index contributed by atoms with van der Waals surface area (Å²) in [5.74, 6) is 0. The number of aryl methyl sites for hydroxylation is 1. The Bertz CT molecular complexity index is 341. The number of nitrogens with zero attached hydrogens (tertiary/aromatic N) is 2. The van der Waals surface area contributed by atoms with Crippen molar-refractivity contribution in [2.45, 2.75) is 33.2 Å². The van der Waals surface area contributed by atoms with Gasteiger partial charge in [0.2, 0.25) is 0 Å². The molecule has 1 rings (SSSR count). The molecule has 0 radical (unpaired) electrons. The van der Waals surface area contributed by atoms with Gasteiger partial charge in [0.15, 0.2) is 0 Å². The Morgan fingerprint density at radius 1 is 1.46 bits per heavy atom. The molecule has 13 heavy (non-hydrogen) atoms. The number of nitriles is 1. The molecule has 0 aromatic carbocycles. The van der Waals surface area contributed by atoms with Crippen LogP contribution in [0.2, 0.25) is 0 Å². The molecule has 0 spiro atoms. The lowest BCUT2D eigenvalue weighted by Gasteiger charge is -2.20. The third-order valence-corrected chi connectivity index (χ3v) is 2.32. The SMILES string of the molecule is Cc1nsc(NC(C)(C)C)c1C#N. The number of nitrogens with one attached hydrogen (secondary N) is 1. The van der Waals surface area contributed by atoms with E-state index >= 15 is 0 Å². The highest BCUT2D eigenvalue weighted by molar-refractivity contribution is 7.10. The Morgan fingerprint density at radius 2 is 2.08 bits per heavy atom. The number of aromatic nitrogens is 1. The molecule has 0 aliphatic carbocycles. The highest BCUT2D eigenvalue weighted by atomic mass is 32.1. The van der Waals surface area contributed by atoms with Crippen molar-refractivity contribution in [3.05, 3.63) is 11.3 Å². The van der Waals surface area contributed by atoms with Crippen LogP contribution in [0.4, 0.5) is 5.00 Å². The fourth-order valence-corrected chi connectivity index (χ4v) is 1.88. The maximum atomic E-state index is 8.86. The number of anilines is 1. The molecular weight excluding hydrogens is 182 g/mol. The average Bonchev–Trinajstić information content (AvgIpc) is 2.28. The third kappa shape index (κ3) is 2.43. The fraction of sp³-hybridized carbons (Fsp3) is 0.556. The Morgan fingerprint density at radius 3 is 2.54 bits per heavy atom. The summed E-state index contributed by atoms with van der Waals surface area (Å²) < 4.78 is 4.13. The van der Waals surface area contributed by atoms with E-state index in [0.29, 0.717) is 5.56 Å². The second-order valence-corrected chi connectivity index (χ2v) is 4.73. The highest BCUT2D eigenvalue weighted by Gasteiger charge is 2.15. The minimum absolute atomic E-state index is 0.0232. The zero-order valence-corrected chi connectivity index (χ0v) is 9.12. The topological polar surface area (TPSA) is 48.7 Å². The highest BCUT2D eigenvalue weighted by Crippen LogP contribution is 2.26. The van der Waals surface area contributed by atoms with Crippen LogP contribution in [0.1, 0.15) is 32.0 Å². The summed E-state index contributed by atoms with van der Waals surface area (Å²) in [5, 5.41) is 13.0. The van der Waals surface area contributed by atoms with Crippen molar-refractivity contribution in [1.82, 2.24) is 4.37 Å². The van der Waals surface area contributed by atoms with Gasteiger partial charge in [-0.2, -0.15) is 9.64 Å². The second-order valence-electron chi connectivity index (χ2n) is 3.96. The van der Waals surface area contributed by atoms with Gasteiger partial charge < -0.3 is 5.32 Å². The summed E-state index contributed by atoms with van der Waals surface area (Å²) in [6.07, 6.45) is 0. The van der Waals surface area contributed by atoms with Crippen LogP contribution in [0.3, 0.4) is 0 Å². The third-order valence-electron chi connectivity index (χ3n) is 1.46. The molecule has 1 N–H and O–H groups in total. The maximum Gasteiger partial charge on any atom is 0.128 e. The van der Waals surface area contributed by atoms with E-state index in [4.69, 9.17) is 5.26 Å². The molecule has 0 atom stereocenters. The van der Waals surface area contributed by atoms with E-state index in [-0.39, 0.29) is 5.54 Å². The van der Waals surface area contributed by atoms with Gasteiger partial charge in [0, 0.05) is 5.54 Å². The summed E-state index contributed by atoms with van der Waals surface area (Å²) in [5.41, 5.74) is 1.45. The van der Waals surface area contributed by atoms with E-state index in [1.165, 1.54) is 11.5 Å². The number of hydrogen-bond donors (Lipinski definition) is 1. The fourth-order valence-electron chi connectivity index (χ4n) is 0.927. The average molecular weight is 195 g/mol. The van der Waals surface area contributed by atoms with E-state index in [1.54, 1.807) is 0 Å². The van der Waals surface area contributed by atoms with Gasteiger partial charge in [0.1, 0.15) is 16.6 Å². The zero-order valence-electron chi connectivity index (χ0n) is 8.30.